The standard InChI is InChI=1S/C17H16F3NO4/c1-9(2)11-4-3-10(17(18,19)20)7-13(11)21-16(24)12-5-6-25-14(12)8-15(22)23/h3-7,9H,8H2,1-2H3,(H,21,24)(H,22,23). The zero-order chi connectivity index (χ0) is 18.8. The number of furan rings is 1. The van der Waals surface area contributed by atoms with Gasteiger partial charge in [-0.15, -0.1) is 0 Å². The van der Waals surface area contributed by atoms with Crippen LogP contribution in [0.3, 0.4) is 0 Å². The van der Waals surface area contributed by atoms with Crippen LogP contribution in [0.1, 0.15) is 47.0 Å². The lowest BCUT2D eigenvalue weighted by Gasteiger charge is -2.16. The average molecular weight is 355 g/mol. The Morgan fingerprint density at radius 3 is 2.48 bits per heavy atom. The molecule has 1 aromatic carbocycles. The van der Waals surface area contributed by atoms with Crippen LogP contribution in [0.15, 0.2) is 34.9 Å². The van der Waals surface area contributed by atoms with Gasteiger partial charge in [0.1, 0.15) is 12.2 Å². The Balaban J connectivity index is 2.37. The number of rotatable bonds is 5. The molecule has 0 bridgehead atoms. The van der Waals surface area contributed by atoms with Crippen molar-refractivity contribution in [3.05, 3.63) is 53.0 Å². The second-order valence-corrected chi connectivity index (χ2v) is 5.74. The van der Waals surface area contributed by atoms with E-state index in [2.05, 4.69) is 5.32 Å². The van der Waals surface area contributed by atoms with Crippen molar-refractivity contribution in [2.75, 3.05) is 5.32 Å². The van der Waals surface area contributed by atoms with Crippen molar-refractivity contribution in [2.45, 2.75) is 32.4 Å². The van der Waals surface area contributed by atoms with E-state index < -0.39 is 30.0 Å². The van der Waals surface area contributed by atoms with Crippen LogP contribution in [-0.4, -0.2) is 17.0 Å². The first kappa shape index (κ1) is 18.6. The van der Waals surface area contributed by atoms with Crippen LogP contribution < -0.4 is 5.32 Å². The molecule has 2 N–H and O–H groups in total. The number of benzene rings is 1. The van der Waals surface area contributed by atoms with Crippen LogP contribution >= 0.6 is 0 Å². The van der Waals surface area contributed by atoms with Crippen molar-refractivity contribution in [3.63, 3.8) is 0 Å². The minimum Gasteiger partial charge on any atom is -0.481 e. The van der Waals surface area contributed by atoms with Gasteiger partial charge in [-0.3, -0.25) is 9.59 Å². The number of carbonyl (C=O) groups is 2. The molecule has 2 rings (SSSR count). The van der Waals surface area contributed by atoms with E-state index in [9.17, 15) is 22.8 Å². The first-order valence-electron chi connectivity index (χ1n) is 7.40. The van der Waals surface area contributed by atoms with Crippen molar-refractivity contribution in [1.82, 2.24) is 0 Å². The summed E-state index contributed by atoms with van der Waals surface area (Å²) < 4.78 is 43.7. The number of carbonyl (C=O) groups excluding carboxylic acids is 1. The fourth-order valence-electron chi connectivity index (χ4n) is 2.35. The van der Waals surface area contributed by atoms with Gasteiger partial charge in [-0.25, -0.2) is 0 Å². The molecule has 1 aromatic heterocycles. The number of carboxylic acid groups (broad SMARTS) is 1. The van der Waals surface area contributed by atoms with Gasteiger partial charge in [0.05, 0.1) is 17.4 Å². The van der Waals surface area contributed by atoms with Crippen LogP contribution in [0.2, 0.25) is 0 Å². The molecule has 0 aliphatic rings. The summed E-state index contributed by atoms with van der Waals surface area (Å²) in [5.41, 5.74) is -0.360. The number of hydrogen-bond donors (Lipinski definition) is 2. The zero-order valence-corrected chi connectivity index (χ0v) is 13.5. The van der Waals surface area contributed by atoms with Gasteiger partial charge in [0.15, 0.2) is 0 Å². The summed E-state index contributed by atoms with van der Waals surface area (Å²) in [5.74, 6) is -2.11. The lowest BCUT2D eigenvalue weighted by molar-refractivity contribution is -0.138. The molecule has 2 aromatic rings. The molecular formula is C17H16F3NO4. The lowest BCUT2D eigenvalue weighted by Crippen LogP contribution is -2.17. The first-order valence-corrected chi connectivity index (χ1v) is 7.40. The van der Waals surface area contributed by atoms with Gasteiger partial charge < -0.3 is 14.8 Å². The van der Waals surface area contributed by atoms with Gasteiger partial charge in [0.2, 0.25) is 0 Å². The monoisotopic (exact) mass is 355 g/mol. The Labute approximate surface area is 141 Å². The number of hydrogen-bond acceptors (Lipinski definition) is 3. The predicted molar refractivity (Wildman–Crippen MR) is 83.5 cm³/mol. The normalized spacial score (nSPS) is 11.6. The third-order valence-corrected chi connectivity index (χ3v) is 3.55. The third-order valence-electron chi connectivity index (χ3n) is 3.55. The van der Waals surface area contributed by atoms with Gasteiger partial charge >= 0.3 is 12.1 Å². The molecular weight excluding hydrogens is 339 g/mol. The Kier molecular flexibility index (Phi) is 5.20. The number of halogens is 3. The molecule has 0 aliphatic carbocycles. The van der Waals surface area contributed by atoms with E-state index in [1.54, 1.807) is 13.8 Å². The Morgan fingerprint density at radius 1 is 1.24 bits per heavy atom. The first-order chi connectivity index (χ1) is 11.6. The maximum atomic E-state index is 12.9. The van der Waals surface area contributed by atoms with E-state index in [1.807, 2.05) is 0 Å². The molecule has 0 saturated heterocycles. The van der Waals surface area contributed by atoms with Gasteiger partial charge in [-0.05, 0) is 29.7 Å². The summed E-state index contributed by atoms with van der Waals surface area (Å²) in [7, 11) is 0. The molecule has 25 heavy (non-hydrogen) atoms. The highest BCUT2D eigenvalue weighted by molar-refractivity contribution is 6.05. The SMILES string of the molecule is CC(C)c1ccc(C(F)(F)F)cc1NC(=O)c1ccoc1CC(=O)O. The minimum absolute atomic E-state index is 0.0253. The minimum atomic E-state index is -4.54. The molecule has 0 fully saturated rings. The number of anilines is 1. The molecule has 134 valence electrons. The van der Waals surface area contributed by atoms with E-state index in [0.717, 1.165) is 18.4 Å². The number of carboxylic acids is 1. The summed E-state index contributed by atoms with van der Waals surface area (Å²) >= 11 is 0. The summed E-state index contributed by atoms with van der Waals surface area (Å²) in [6.07, 6.45) is -3.89. The zero-order valence-electron chi connectivity index (χ0n) is 13.5. The van der Waals surface area contributed by atoms with Crippen molar-refractivity contribution in [1.29, 1.82) is 0 Å². The van der Waals surface area contributed by atoms with E-state index >= 15 is 0 Å². The topological polar surface area (TPSA) is 79.5 Å². The van der Waals surface area contributed by atoms with E-state index in [0.29, 0.717) is 5.56 Å². The van der Waals surface area contributed by atoms with Crippen LogP contribution in [0.25, 0.3) is 0 Å². The van der Waals surface area contributed by atoms with Gasteiger partial charge in [0.25, 0.3) is 5.91 Å². The Hall–Kier alpha value is -2.77. The average Bonchev–Trinajstić information content (AvgIpc) is 2.93. The second kappa shape index (κ2) is 7.00. The fourth-order valence-corrected chi connectivity index (χ4v) is 2.35. The second-order valence-electron chi connectivity index (χ2n) is 5.74. The van der Waals surface area contributed by atoms with Crippen molar-refractivity contribution in [3.8, 4) is 0 Å². The van der Waals surface area contributed by atoms with E-state index in [1.165, 1.54) is 12.1 Å². The van der Waals surface area contributed by atoms with Crippen molar-refractivity contribution < 1.29 is 32.3 Å². The van der Waals surface area contributed by atoms with Crippen molar-refractivity contribution in [2.24, 2.45) is 0 Å². The maximum absolute atomic E-state index is 12.9. The molecule has 1 amide bonds. The number of nitrogens with one attached hydrogen (secondary N) is 1. The third kappa shape index (κ3) is 4.40. The maximum Gasteiger partial charge on any atom is 0.416 e. The Morgan fingerprint density at radius 2 is 1.92 bits per heavy atom. The van der Waals surface area contributed by atoms with E-state index in [4.69, 9.17) is 9.52 Å². The summed E-state index contributed by atoms with van der Waals surface area (Å²) in [4.78, 5) is 23.1. The van der Waals surface area contributed by atoms with Crippen LogP contribution in [0.5, 0.6) is 0 Å². The molecule has 1 heterocycles. The number of amides is 1. The molecule has 0 aliphatic heterocycles. The van der Waals surface area contributed by atoms with Crippen molar-refractivity contribution >= 4 is 17.6 Å². The molecule has 0 atom stereocenters. The summed E-state index contributed by atoms with van der Waals surface area (Å²) in [5, 5.41) is 11.2. The quantitative estimate of drug-likeness (QED) is 0.838. The largest absolute Gasteiger partial charge is 0.481 e. The highest BCUT2D eigenvalue weighted by Crippen LogP contribution is 2.34. The summed E-state index contributed by atoms with van der Waals surface area (Å²) in [6.45, 7) is 3.57. The molecule has 0 unspecified atom stereocenters. The molecule has 5 nitrogen and oxygen atoms in total. The van der Waals surface area contributed by atoms with Gasteiger partial charge in [-0.2, -0.15) is 13.2 Å². The number of aliphatic carboxylic acids is 1. The number of alkyl halides is 3. The van der Waals surface area contributed by atoms with Crippen LogP contribution in [0.4, 0.5) is 18.9 Å². The summed E-state index contributed by atoms with van der Waals surface area (Å²) in [6, 6.07) is 4.41. The predicted octanol–water partition coefficient (Wildman–Crippen LogP) is 4.30. The Bertz CT molecular complexity index is 793. The van der Waals surface area contributed by atoms with Gasteiger partial charge in [0, 0.05) is 5.69 Å². The lowest BCUT2D eigenvalue weighted by atomic mass is 9.98. The molecule has 8 heteroatoms. The molecule has 0 spiro atoms. The highest BCUT2D eigenvalue weighted by Gasteiger charge is 2.31. The molecule has 0 saturated carbocycles. The van der Waals surface area contributed by atoms with Crippen LogP contribution in [0, 0.1) is 0 Å². The van der Waals surface area contributed by atoms with E-state index in [-0.39, 0.29) is 22.9 Å². The fraction of sp³-hybridized carbons (Fsp3) is 0.294. The van der Waals surface area contributed by atoms with Crippen LogP contribution in [-0.2, 0) is 17.4 Å². The highest BCUT2D eigenvalue weighted by atomic mass is 19.4. The molecule has 0 radical (unpaired) electrons. The van der Waals surface area contributed by atoms with Gasteiger partial charge in [-0.1, -0.05) is 19.9 Å². The smallest absolute Gasteiger partial charge is 0.416 e.